The van der Waals surface area contributed by atoms with Gasteiger partial charge in [0.05, 0.1) is 34.4 Å². The average Bonchev–Trinajstić information content (AvgIpc) is 3.40. The molecule has 0 spiro atoms. The Balaban J connectivity index is 1.85. The standard InChI is InChI=1S/C23H21N5O/c1-14-22(15(2)29-26-14)19-11-21-18(23(25-19)17-12-24-27(3)13-17)10-20(28(21)4)16-8-6-5-7-9-16/h5-13H,1-4H3. The lowest BCUT2D eigenvalue weighted by atomic mass is 10.1. The molecule has 0 unspecified atom stereocenters. The quantitative estimate of drug-likeness (QED) is 0.444. The van der Waals surface area contributed by atoms with Crippen molar-refractivity contribution in [3.05, 3.63) is 66.3 Å². The Hall–Kier alpha value is -3.67. The first-order valence-electron chi connectivity index (χ1n) is 9.51. The molecule has 144 valence electrons. The van der Waals surface area contributed by atoms with Crippen LogP contribution in [-0.2, 0) is 14.1 Å². The van der Waals surface area contributed by atoms with Crippen molar-refractivity contribution < 1.29 is 4.52 Å². The van der Waals surface area contributed by atoms with E-state index in [2.05, 4.69) is 58.3 Å². The van der Waals surface area contributed by atoms with E-state index >= 15 is 0 Å². The van der Waals surface area contributed by atoms with E-state index in [0.29, 0.717) is 0 Å². The molecule has 0 N–H and O–H groups in total. The van der Waals surface area contributed by atoms with Gasteiger partial charge in [0.25, 0.3) is 0 Å². The monoisotopic (exact) mass is 383 g/mol. The van der Waals surface area contributed by atoms with Crippen LogP contribution in [0.3, 0.4) is 0 Å². The van der Waals surface area contributed by atoms with Crippen LogP contribution in [0.5, 0.6) is 0 Å². The number of benzene rings is 1. The van der Waals surface area contributed by atoms with Crippen LogP contribution in [0.2, 0.25) is 0 Å². The summed E-state index contributed by atoms with van der Waals surface area (Å²) in [5.74, 6) is 0.768. The molecular weight excluding hydrogens is 362 g/mol. The SMILES string of the molecule is Cc1noc(C)c1-c1cc2c(cc(-c3ccccc3)n2C)c(-c2cnn(C)c2)n1. The summed E-state index contributed by atoms with van der Waals surface area (Å²) in [6.45, 7) is 3.87. The third kappa shape index (κ3) is 2.76. The summed E-state index contributed by atoms with van der Waals surface area (Å²) < 4.78 is 9.42. The molecule has 0 amide bonds. The number of hydrogen-bond acceptors (Lipinski definition) is 4. The van der Waals surface area contributed by atoms with Crippen LogP contribution in [0.15, 0.2) is 59.4 Å². The van der Waals surface area contributed by atoms with Gasteiger partial charge >= 0.3 is 0 Å². The van der Waals surface area contributed by atoms with Gasteiger partial charge in [0.15, 0.2) is 0 Å². The molecule has 6 nitrogen and oxygen atoms in total. The molecule has 0 radical (unpaired) electrons. The lowest BCUT2D eigenvalue weighted by Crippen LogP contribution is -1.95. The summed E-state index contributed by atoms with van der Waals surface area (Å²) in [5.41, 5.74) is 7.94. The molecular formula is C23H21N5O. The van der Waals surface area contributed by atoms with E-state index in [1.165, 1.54) is 5.56 Å². The number of rotatable bonds is 3. The second-order valence-corrected chi connectivity index (χ2v) is 7.35. The van der Waals surface area contributed by atoms with Gasteiger partial charge in [-0.15, -0.1) is 0 Å². The highest BCUT2D eigenvalue weighted by Crippen LogP contribution is 2.37. The number of fused-ring (bicyclic) bond motifs is 1. The van der Waals surface area contributed by atoms with Crippen LogP contribution in [0.25, 0.3) is 44.7 Å². The molecule has 5 rings (SSSR count). The van der Waals surface area contributed by atoms with Crippen molar-refractivity contribution >= 4 is 10.9 Å². The van der Waals surface area contributed by atoms with Gasteiger partial charge in [0.2, 0.25) is 0 Å². The molecule has 0 saturated heterocycles. The molecule has 0 aliphatic heterocycles. The average molecular weight is 383 g/mol. The number of nitrogens with zero attached hydrogens (tertiary/aromatic N) is 5. The third-order valence-electron chi connectivity index (χ3n) is 5.38. The minimum atomic E-state index is 0.768. The summed E-state index contributed by atoms with van der Waals surface area (Å²) in [6, 6.07) is 14.7. The minimum absolute atomic E-state index is 0.768. The third-order valence-corrected chi connectivity index (χ3v) is 5.38. The van der Waals surface area contributed by atoms with Crippen molar-refractivity contribution in [2.75, 3.05) is 0 Å². The maximum atomic E-state index is 5.40. The minimum Gasteiger partial charge on any atom is -0.361 e. The molecule has 5 aromatic rings. The molecule has 0 fully saturated rings. The Morgan fingerprint density at radius 1 is 0.966 bits per heavy atom. The molecule has 0 saturated carbocycles. The molecule has 0 aliphatic carbocycles. The van der Waals surface area contributed by atoms with E-state index in [9.17, 15) is 0 Å². The van der Waals surface area contributed by atoms with Crippen molar-refractivity contribution in [3.63, 3.8) is 0 Å². The fourth-order valence-electron chi connectivity index (χ4n) is 3.95. The van der Waals surface area contributed by atoms with Crippen molar-refractivity contribution in [2.24, 2.45) is 14.1 Å². The fraction of sp³-hybridized carbons (Fsp3) is 0.174. The molecule has 0 atom stereocenters. The first kappa shape index (κ1) is 17.4. The fourth-order valence-corrected chi connectivity index (χ4v) is 3.95. The van der Waals surface area contributed by atoms with Crippen LogP contribution in [-0.4, -0.2) is 24.5 Å². The zero-order valence-electron chi connectivity index (χ0n) is 16.8. The van der Waals surface area contributed by atoms with Gasteiger partial charge in [-0.3, -0.25) is 4.68 Å². The van der Waals surface area contributed by atoms with Gasteiger partial charge in [-0.25, -0.2) is 4.98 Å². The molecule has 6 heteroatoms. The van der Waals surface area contributed by atoms with Gasteiger partial charge < -0.3 is 9.09 Å². The topological polar surface area (TPSA) is 61.7 Å². The summed E-state index contributed by atoms with van der Waals surface area (Å²) in [7, 11) is 4.01. The largest absolute Gasteiger partial charge is 0.361 e. The molecule has 1 aromatic carbocycles. The molecule has 0 aliphatic rings. The van der Waals surface area contributed by atoms with Gasteiger partial charge in [0.1, 0.15) is 5.76 Å². The molecule has 0 bridgehead atoms. The Labute approximate surface area is 168 Å². The second-order valence-electron chi connectivity index (χ2n) is 7.35. The highest BCUT2D eigenvalue weighted by molar-refractivity contribution is 5.99. The normalized spacial score (nSPS) is 11.4. The van der Waals surface area contributed by atoms with Gasteiger partial charge in [-0.1, -0.05) is 35.5 Å². The Bertz CT molecular complexity index is 1320. The first-order chi connectivity index (χ1) is 14.0. The summed E-state index contributed by atoms with van der Waals surface area (Å²) >= 11 is 0. The lowest BCUT2D eigenvalue weighted by Gasteiger charge is -2.08. The van der Waals surface area contributed by atoms with Crippen molar-refractivity contribution in [1.82, 2.24) is 24.5 Å². The van der Waals surface area contributed by atoms with Crippen LogP contribution >= 0.6 is 0 Å². The summed E-state index contributed by atoms with van der Waals surface area (Å²) in [5, 5.41) is 9.56. The number of pyridine rings is 1. The van der Waals surface area contributed by atoms with Gasteiger partial charge in [-0.2, -0.15) is 5.10 Å². The highest BCUT2D eigenvalue weighted by atomic mass is 16.5. The van der Waals surface area contributed by atoms with Crippen LogP contribution in [0, 0.1) is 13.8 Å². The second kappa shape index (κ2) is 6.44. The summed E-state index contributed by atoms with van der Waals surface area (Å²) in [6.07, 6.45) is 3.85. The predicted molar refractivity (Wildman–Crippen MR) is 113 cm³/mol. The number of aryl methyl sites for hydroxylation is 4. The van der Waals surface area contributed by atoms with Crippen molar-refractivity contribution in [3.8, 4) is 33.8 Å². The highest BCUT2D eigenvalue weighted by Gasteiger charge is 2.20. The smallest absolute Gasteiger partial charge is 0.143 e. The maximum absolute atomic E-state index is 5.40. The van der Waals surface area contributed by atoms with Crippen LogP contribution in [0.1, 0.15) is 11.5 Å². The predicted octanol–water partition coefficient (Wildman–Crippen LogP) is 4.91. The zero-order chi connectivity index (χ0) is 20.1. The number of hydrogen-bond donors (Lipinski definition) is 0. The van der Waals surface area contributed by atoms with Gasteiger partial charge in [-0.05, 0) is 31.5 Å². The lowest BCUT2D eigenvalue weighted by molar-refractivity contribution is 0.393. The Morgan fingerprint density at radius 2 is 1.76 bits per heavy atom. The summed E-state index contributed by atoms with van der Waals surface area (Å²) in [4.78, 5) is 5.03. The van der Waals surface area contributed by atoms with Crippen molar-refractivity contribution in [2.45, 2.75) is 13.8 Å². The maximum Gasteiger partial charge on any atom is 0.143 e. The molecule has 4 aromatic heterocycles. The van der Waals surface area contributed by atoms with Crippen LogP contribution in [0.4, 0.5) is 0 Å². The first-order valence-corrected chi connectivity index (χ1v) is 9.51. The van der Waals surface area contributed by atoms with E-state index in [-0.39, 0.29) is 0 Å². The van der Waals surface area contributed by atoms with Gasteiger partial charge in [0, 0.05) is 36.9 Å². The van der Waals surface area contributed by atoms with E-state index < -0.39 is 0 Å². The number of aromatic nitrogens is 5. The van der Waals surface area contributed by atoms with E-state index in [1.54, 1.807) is 4.68 Å². The Morgan fingerprint density at radius 3 is 2.41 bits per heavy atom. The molecule has 29 heavy (non-hydrogen) atoms. The van der Waals surface area contributed by atoms with E-state index in [1.807, 2.05) is 39.4 Å². The molecule has 4 heterocycles. The van der Waals surface area contributed by atoms with Crippen molar-refractivity contribution in [1.29, 1.82) is 0 Å². The van der Waals surface area contributed by atoms with E-state index in [4.69, 9.17) is 9.51 Å². The van der Waals surface area contributed by atoms with E-state index in [0.717, 1.165) is 50.6 Å². The Kier molecular flexibility index (Phi) is 3.87. The van der Waals surface area contributed by atoms with Crippen LogP contribution < -0.4 is 0 Å². The zero-order valence-corrected chi connectivity index (χ0v) is 16.8.